The van der Waals surface area contributed by atoms with Crippen molar-refractivity contribution in [3.8, 4) is 11.5 Å². The van der Waals surface area contributed by atoms with Gasteiger partial charge in [0, 0.05) is 85.2 Å². The summed E-state index contributed by atoms with van der Waals surface area (Å²) in [4.78, 5) is 70.2. The van der Waals surface area contributed by atoms with Crippen molar-refractivity contribution >= 4 is 62.8 Å². The smallest absolute Gasteiger partial charge is 0.412 e. The molecule has 0 radical (unpaired) electrons. The van der Waals surface area contributed by atoms with Crippen LogP contribution >= 0.6 is 11.6 Å². The Kier molecular flexibility index (Phi) is 26.0. The van der Waals surface area contributed by atoms with Gasteiger partial charge in [-0.05, 0) is 61.0 Å². The van der Waals surface area contributed by atoms with Crippen LogP contribution in [0.3, 0.4) is 0 Å². The summed E-state index contributed by atoms with van der Waals surface area (Å²) in [6.07, 6.45) is 13.0. The van der Waals surface area contributed by atoms with E-state index in [0.29, 0.717) is 32.2 Å². The van der Waals surface area contributed by atoms with Crippen LogP contribution in [0.15, 0.2) is 48.5 Å². The number of amides is 3. The molecule has 0 unspecified atom stereocenters. The van der Waals surface area contributed by atoms with Crippen molar-refractivity contribution in [2.24, 2.45) is 17.6 Å². The molecule has 2 aliphatic carbocycles. The Hall–Kier alpha value is -4.80. The molecule has 2 aromatic rings. The van der Waals surface area contributed by atoms with Gasteiger partial charge in [-0.25, -0.2) is 19.2 Å². The molecule has 2 aromatic carbocycles. The van der Waals surface area contributed by atoms with Crippen molar-refractivity contribution in [1.82, 2.24) is 15.1 Å². The normalized spacial score (nSPS) is 15.1. The predicted molar refractivity (Wildman–Crippen MR) is 266 cm³/mol. The Balaban J connectivity index is 0.000000385. The molecule has 3 N–H and O–H groups in total. The second-order valence-electron chi connectivity index (χ2n) is 19.9. The van der Waals surface area contributed by atoms with Gasteiger partial charge >= 0.3 is 23.7 Å². The molecule has 2 aliphatic rings. The number of nitro benzene ring substituents is 2. The number of nitrogens with one attached hydrogen (secondary N) is 1. The topological polar surface area (TPSA) is 236 Å². The van der Waals surface area contributed by atoms with Crippen LogP contribution in [0, 0.1) is 32.1 Å². The summed E-state index contributed by atoms with van der Waals surface area (Å²) in [6, 6.07) is 12.1. The molecule has 21 heteroatoms. The van der Waals surface area contributed by atoms with Crippen molar-refractivity contribution in [3.05, 3.63) is 68.8 Å². The molecule has 376 valence electrons. The van der Waals surface area contributed by atoms with Gasteiger partial charge in [0.15, 0.2) is 0 Å². The molecule has 2 fully saturated rings. The Labute approximate surface area is 403 Å². The maximum absolute atomic E-state index is 12.5. The number of nitro groups is 2. The number of non-ortho nitro benzene ring substituents is 2. The van der Waals surface area contributed by atoms with E-state index in [1.807, 2.05) is 0 Å². The van der Waals surface area contributed by atoms with Crippen molar-refractivity contribution in [1.29, 1.82) is 0 Å². The van der Waals surface area contributed by atoms with Crippen molar-refractivity contribution < 1.29 is 48.0 Å². The quantitative estimate of drug-likeness (QED) is 0.0577. The Morgan fingerprint density at radius 2 is 1.06 bits per heavy atom. The number of hydrogen-bond donors (Lipinski definition) is 2. The minimum Gasteiger partial charge on any atom is -0.450 e. The van der Waals surface area contributed by atoms with Gasteiger partial charge < -0.3 is 39.8 Å². The second-order valence-corrected chi connectivity index (χ2v) is 31.5. The fourth-order valence-corrected chi connectivity index (χ4v) is 9.06. The SMILES string of the molecule is CN(C[C@@H](N)CC1CCCCC1)C(=O)OCC[Si](C)(C)C.CN(C[C@H](CC1CCCCC1)NC(=O)Oc1ccc([N+](=O)[O-])cc1)C(=O)OCC[Si](C)(C)C.O=C(Cl)Oc1ccc([N+](=O)[O-])cc1. The van der Waals surface area contributed by atoms with E-state index in [4.69, 9.17) is 31.5 Å². The summed E-state index contributed by atoms with van der Waals surface area (Å²) < 4.78 is 20.5. The number of ether oxygens (including phenoxy) is 4. The average Bonchev–Trinajstić information content (AvgIpc) is 3.24. The molecule has 3 amide bonds. The first-order valence-corrected chi connectivity index (χ1v) is 31.1. The fraction of sp³-hybridized carbons (Fsp3) is 0.652. The number of nitrogens with two attached hydrogens (primary N) is 1. The van der Waals surface area contributed by atoms with E-state index in [2.05, 4.69) is 49.3 Å². The first-order chi connectivity index (χ1) is 31.4. The van der Waals surface area contributed by atoms with Crippen molar-refractivity contribution in [2.75, 3.05) is 40.4 Å². The van der Waals surface area contributed by atoms with Crippen LogP contribution in [0.1, 0.15) is 77.0 Å². The summed E-state index contributed by atoms with van der Waals surface area (Å²) in [5.41, 5.74) is 5.07. The first-order valence-electron chi connectivity index (χ1n) is 23.3. The van der Waals surface area contributed by atoms with E-state index in [1.54, 1.807) is 19.0 Å². The number of rotatable bonds is 19. The number of halogens is 1. The van der Waals surface area contributed by atoms with Crippen molar-refractivity contribution in [2.45, 2.75) is 141 Å². The van der Waals surface area contributed by atoms with Crippen molar-refractivity contribution in [3.63, 3.8) is 0 Å². The molecule has 0 aliphatic heterocycles. The molecular weight excluding hydrogens is 920 g/mol. The van der Waals surface area contributed by atoms with E-state index in [-0.39, 0.29) is 41.1 Å². The molecule has 18 nitrogen and oxygen atoms in total. The zero-order valence-electron chi connectivity index (χ0n) is 40.8. The second kappa shape index (κ2) is 29.9. The minimum atomic E-state index is -1.30. The largest absolute Gasteiger partial charge is 0.450 e. The van der Waals surface area contributed by atoms with Crippen LogP contribution in [0.25, 0.3) is 0 Å². The van der Waals surface area contributed by atoms with Gasteiger partial charge in [-0.1, -0.05) is 103 Å². The highest BCUT2D eigenvalue weighted by Gasteiger charge is 2.26. The lowest BCUT2D eigenvalue weighted by atomic mass is 9.85. The number of benzene rings is 2. The fourth-order valence-electron chi connectivity index (χ4n) is 7.54. The zero-order valence-corrected chi connectivity index (χ0v) is 43.6. The van der Waals surface area contributed by atoms with Gasteiger partial charge in [-0.15, -0.1) is 0 Å². The van der Waals surface area contributed by atoms with Crippen LogP contribution in [0.4, 0.5) is 30.6 Å². The molecule has 0 saturated heterocycles. The number of nitrogens with zero attached hydrogens (tertiary/aromatic N) is 4. The highest BCUT2D eigenvalue weighted by Crippen LogP contribution is 2.29. The molecular formula is C46H75ClN6O12Si2. The molecule has 0 spiro atoms. The van der Waals surface area contributed by atoms with Crippen LogP contribution in [-0.2, 0) is 9.47 Å². The van der Waals surface area contributed by atoms with Gasteiger partial charge in [0.1, 0.15) is 11.5 Å². The summed E-state index contributed by atoms with van der Waals surface area (Å²) in [7, 11) is 1.03. The molecule has 67 heavy (non-hydrogen) atoms. The summed E-state index contributed by atoms with van der Waals surface area (Å²) in [5.74, 6) is 1.63. The van der Waals surface area contributed by atoms with E-state index in [9.17, 15) is 39.4 Å². The zero-order chi connectivity index (χ0) is 50.2. The lowest BCUT2D eigenvalue weighted by molar-refractivity contribution is -0.385. The third-order valence-electron chi connectivity index (χ3n) is 11.3. The number of hydrogen-bond acceptors (Lipinski definition) is 13. The van der Waals surface area contributed by atoms with E-state index < -0.39 is 43.6 Å². The predicted octanol–water partition coefficient (Wildman–Crippen LogP) is 11.5. The molecule has 0 heterocycles. The highest BCUT2D eigenvalue weighted by molar-refractivity contribution is 6.76. The van der Waals surface area contributed by atoms with E-state index in [0.717, 1.165) is 43.7 Å². The van der Waals surface area contributed by atoms with Crippen LogP contribution in [-0.4, -0.2) is 112 Å². The Morgan fingerprint density at radius 3 is 1.45 bits per heavy atom. The molecule has 0 aromatic heterocycles. The summed E-state index contributed by atoms with van der Waals surface area (Å²) in [6.45, 7) is 15.4. The van der Waals surface area contributed by atoms with Gasteiger partial charge in [-0.3, -0.25) is 20.2 Å². The maximum Gasteiger partial charge on any atom is 0.412 e. The number of carbonyl (C=O) groups is 4. The van der Waals surface area contributed by atoms with Crippen LogP contribution < -0.4 is 20.5 Å². The molecule has 2 saturated carbocycles. The Morgan fingerprint density at radius 1 is 0.672 bits per heavy atom. The average molecular weight is 996 g/mol. The van der Waals surface area contributed by atoms with Crippen LogP contribution in [0.5, 0.6) is 11.5 Å². The molecule has 0 bridgehead atoms. The number of carbonyl (C=O) groups excluding carboxylic acids is 4. The molecule has 2 atom stereocenters. The van der Waals surface area contributed by atoms with E-state index >= 15 is 0 Å². The minimum absolute atomic E-state index is 0.0719. The standard InChI is InChI=1S/C23H37N3O6Si.C16H34N2O2Si.C7H4ClNO4/c1-25(23(28)31-14-15-33(2,3)4)17-19(16-18-8-6-5-7-9-18)24-22(27)32-21-12-10-20(11-13-21)26(29)30;1-18(16(19)20-10-11-21(2,3)4)13-15(17)12-14-8-6-5-7-9-14;8-7(10)13-6-3-1-5(2-4-6)9(11)12/h10-13,18-19H,5-9,14-17H2,1-4H3,(H,24,27);14-15H,5-13,17H2,1-4H3;1-4H/t19-;15-;/m00./s1. The third-order valence-corrected chi connectivity index (χ3v) is 14.8. The number of likely N-dealkylation sites (N-methyl/N-ethyl adjacent to an activating group) is 2. The van der Waals surface area contributed by atoms with Gasteiger partial charge in [-0.2, -0.15) is 0 Å². The van der Waals surface area contributed by atoms with E-state index in [1.165, 1.54) is 105 Å². The monoisotopic (exact) mass is 994 g/mol. The lowest BCUT2D eigenvalue weighted by Crippen LogP contribution is -2.46. The summed E-state index contributed by atoms with van der Waals surface area (Å²) >= 11 is 4.92. The van der Waals surface area contributed by atoms with Crippen LogP contribution in [0.2, 0.25) is 51.4 Å². The maximum atomic E-state index is 12.5. The van der Waals surface area contributed by atoms with Gasteiger partial charge in [0.05, 0.1) is 29.1 Å². The molecule has 4 rings (SSSR count). The van der Waals surface area contributed by atoms with Gasteiger partial charge in [0.25, 0.3) is 11.4 Å². The third kappa shape index (κ3) is 27.0. The van der Waals surface area contributed by atoms with Gasteiger partial charge in [0.2, 0.25) is 0 Å². The summed E-state index contributed by atoms with van der Waals surface area (Å²) in [5, 5.41) is 23.9. The first kappa shape index (κ1) is 58.3. The highest BCUT2D eigenvalue weighted by atomic mass is 35.5. The lowest BCUT2D eigenvalue weighted by Gasteiger charge is -2.29. The Bertz CT molecular complexity index is 1840.